The minimum atomic E-state index is -0.305. The van der Waals surface area contributed by atoms with E-state index in [0.717, 1.165) is 22.0 Å². The zero-order valence-electron chi connectivity index (χ0n) is 17.3. The van der Waals surface area contributed by atoms with Gasteiger partial charge in [-0.1, -0.05) is 62.0 Å². The van der Waals surface area contributed by atoms with E-state index in [-0.39, 0.29) is 22.9 Å². The lowest BCUT2D eigenvalue weighted by Crippen LogP contribution is -2.14. The average molecular weight is 437 g/mol. The highest BCUT2D eigenvalue weighted by atomic mass is 32.2. The van der Waals surface area contributed by atoms with Gasteiger partial charge in [-0.15, -0.1) is 10.2 Å². The third kappa shape index (κ3) is 4.74. The SMILES string of the molecule is CC(C)(C)c1cc(NC(=O)CSc2nnc(-c3ccc(F)cc3)c3ccccc23)on1. The summed E-state index contributed by atoms with van der Waals surface area (Å²) >= 11 is 1.29. The largest absolute Gasteiger partial charge is 0.338 e. The third-order valence-electron chi connectivity index (χ3n) is 4.65. The van der Waals surface area contributed by atoms with Crippen molar-refractivity contribution < 1.29 is 13.7 Å². The van der Waals surface area contributed by atoms with E-state index in [1.54, 1.807) is 18.2 Å². The van der Waals surface area contributed by atoms with E-state index in [0.29, 0.717) is 16.6 Å². The fraction of sp³-hybridized carbons (Fsp3) is 0.217. The summed E-state index contributed by atoms with van der Waals surface area (Å²) in [7, 11) is 0. The lowest BCUT2D eigenvalue weighted by molar-refractivity contribution is -0.113. The van der Waals surface area contributed by atoms with Crippen LogP contribution in [-0.4, -0.2) is 27.0 Å². The normalized spacial score (nSPS) is 11.6. The molecule has 0 aliphatic rings. The van der Waals surface area contributed by atoms with Gasteiger partial charge in [0.25, 0.3) is 0 Å². The Hall–Kier alpha value is -3.26. The van der Waals surface area contributed by atoms with Gasteiger partial charge in [0.15, 0.2) is 0 Å². The van der Waals surface area contributed by atoms with Gasteiger partial charge in [-0.05, 0) is 24.3 Å². The van der Waals surface area contributed by atoms with Crippen molar-refractivity contribution in [2.45, 2.75) is 31.2 Å². The van der Waals surface area contributed by atoms with E-state index in [2.05, 4.69) is 20.7 Å². The number of fused-ring (bicyclic) bond motifs is 1. The number of amides is 1. The van der Waals surface area contributed by atoms with Gasteiger partial charge >= 0.3 is 0 Å². The van der Waals surface area contributed by atoms with Gasteiger partial charge in [0.05, 0.1) is 11.4 Å². The molecule has 0 atom stereocenters. The highest BCUT2D eigenvalue weighted by Gasteiger charge is 2.20. The fourth-order valence-corrected chi connectivity index (χ4v) is 3.77. The van der Waals surface area contributed by atoms with E-state index in [4.69, 9.17) is 4.52 Å². The predicted octanol–water partition coefficient (Wildman–Crippen LogP) is 5.45. The van der Waals surface area contributed by atoms with Crippen LogP contribution in [0.5, 0.6) is 0 Å². The first kappa shape index (κ1) is 21.0. The van der Waals surface area contributed by atoms with E-state index in [9.17, 15) is 9.18 Å². The molecule has 2 aromatic carbocycles. The van der Waals surface area contributed by atoms with Crippen LogP contribution >= 0.6 is 11.8 Å². The van der Waals surface area contributed by atoms with Crippen molar-refractivity contribution in [3.63, 3.8) is 0 Å². The molecular weight excluding hydrogens is 415 g/mol. The first-order valence-electron chi connectivity index (χ1n) is 9.72. The molecule has 2 aromatic heterocycles. The molecule has 158 valence electrons. The number of thioether (sulfide) groups is 1. The smallest absolute Gasteiger partial charge is 0.237 e. The molecule has 1 N–H and O–H groups in total. The number of hydrogen-bond acceptors (Lipinski definition) is 6. The maximum Gasteiger partial charge on any atom is 0.237 e. The van der Waals surface area contributed by atoms with Crippen LogP contribution in [0.1, 0.15) is 26.5 Å². The number of hydrogen-bond donors (Lipinski definition) is 1. The molecule has 4 rings (SSSR count). The van der Waals surface area contributed by atoms with Crippen molar-refractivity contribution in [2.75, 3.05) is 11.1 Å². The molecule has 0 spiro atoms. The number of aromatic nitrogens is 3. The zero-order chi connectivity index (χ0) is 22.0. The number of rotatable bonds is 5. The quantitative estimate of drug-likeness (QED) is 0.419. The van der Waals surface area contributed by atoms with Crippen LogP contribution < -0.4 is 5.32 Å². The molecule has 6 nitrogen and oxygen atoms in total. The van der Waals surface area contributed by atoms with Crippen LogP contribution in [0.2, 0.25) is 0 Å². The summed E-state index contributed by atoms with van der Waals surface area (Å²) in [6.45, 7) is 6.06. The lowest BCUT2D eigenvalue weighted by atomic mass is 9.92. The Morgan fingerprint density at radius 1 is 1.06 bits per heavy atom. The standard InChI is InChI=1S/C23H21FN4O2S/c1-23(2,3)18-12-20(30-28-18)25-19(29)13-31-22-17-7-5-4-6-16(17)21(26-27-22)14-8-10-15(24)11-9-14/h4-12H,13H2,1-3H3,(H,25,29). The van der Waals surface area contributed by atoms with Crippen LogP contribution in [0, 0.1) is 5.82 Å². The third-order valence-corrected chi connectivity index (χ3v) is 5.63. The molecule has 0 saturated carbocycles. The second kappa shape index (κ2) is 8.47. The summed E-state index contributed by atoms with van der Waals surface area (Å²) in [5.74, 6) is -0.0751. The van der Waals surface area contributed by atoms with Crippen LogP contribution in [-0.2, 0) is 10.2 Å². The van der Waals surface area contributed by atoms with Crippen molar-refractivity contribution in [1.29, 1.82) is 0 Å². The Labute approximate surface area is 183 Å². The Kier molecular flexibility index (Phi) is 5.73. The number of carbonyl (C=O) groups excluding carboxylic acids is 1. The fourth-order valence-electron chi connectivity index (χ4n) is 3.00. The highest BCUT2D eigenvalue weighted by Crippen LogP contribution is 2.32. The molecule has 0 bridgehead atoms. The van der Waals surface area contributed by atoms with Gasteiger partial charge in [-0.2, -0.15) is 0 Å². The molecule has 2 heterocycles. The molecule has 0 aliphatic heterocycles. The number of halogens is 1. The van der Waals surface area contributed by atoms with Crippen molar-refractivity contribution in [1.82, 2.24) is 15.4 Å². The Bertz CT molecular complexity index is 1230. The summed E-state index contributed by atoms with van der Waals surface area (Å²) in [5, 5.41) is 17.8. The van der Waals surface area contributed by atoms with Crippen molar-refractivity contribution in [3.05, 3.63) is 66.1 Å². The maximum atomic E-state index is 13.3. The molecule has 0 fully saturated rings. The molecule has 0 aliphatic carbocycles. The lowest BCUT2D eigenvalue weighted by Gasteiger charge is -2.12. The number of nitrogens with zero attached hydrogens (tertiary/aromatic N) is 3. The molecule has 1 amide bonds. The molecule has 4 aromatic rings. The van der Waals surface area contributed by atoms with Crippen LogP contribution in [0.15, 0.2) is 64.1 Å². The molecule has 31 heavy (non-hydrogen) atoms. The van der Waals surface area contributed by atoms with Crippen LogP contribution in [0.25, 0.3) is 22.0 Å². The summed E-state index contributed by atoms with van der Waals surface area (Å²) in [4.78, 5) is 12.4. The van der Waals surface area contributed by atoms with E-state index in [1.165, 1.54) is 23.9 Å². The van der Waals surface area contributed by atoms with Gasteiger partial charge in [-0.25, -0.2) is 4.39 Å². The van der Waals surface area contributed by atoms with Gasteiger partial charge in [0, 0.05) is 27.8 Å². The summed E-state index contributed by atoms with van der Waals surface area (Å²) in [6, 6.07) is 15.6. The second-order valence-corrected chi connectivity index (χ2v) is 9.03. The molecule has 8 heteroatoms. The van der Waals surface area contributed by atoms with Crippen LogP contribution in [0.3, 0.4) is 0 Å². The molecule has 0 saturated heterocycles. The highest BCUT2D eigenvalue weighted by molar-refractivity contribution is 8.00. The Morgan fingerprint density at radius 3 is 2.45 bits per heavy atom. The molecule has 0 unspecified atom stereocenters. The van der Waals surface area contributed by atoms with Crippen molar-refractivity contribution in [3.8, 4) is 11.3 Å². The van der Waals surface area contributed by atoms with Crippen LogP contribution in [0.4, 0.5) is 10.3 Å². The summed E-state index contributed by atoms with van der Waals surface area (Å²) in [5.41, 5.74) is 2.05. The average Bonchev–Trinajstić information content (AvgIpc) is 3.22. The maximum absolute atomic E-state index is 13.3. The minimum Gasteiger partial charge on any atom is -0.338 e. The van der Waals surface area contributed by atoms with Crippen molar-refractivity contribution >= 4 is 34.3 Å². The van der Waals surface area contributed by atoms with E-state index < -0.39 is 0 Å². The van der Waals surface area contributed by atoms with E-state index in [1.807, 2.05) is 45.0 Å². The number of nitrogens with one attached hydrogen (secondary N) is 1. The number of carbonyl (C=O) groups is 1. The number of benzene rings is 2. The Morgan fingerprint density at radius 2 is 1.77 bits per heavy atom. The number of anilines is 1. The molecule has 0 radical (unpaired) electrons. The predicted molar refractivity (Wildman–Crippen MR) is 119 cm³/mol. The topological polar surface area (TPSA) is 80.9 Å². The van der Waals surface area contributed by atoms with E-state index >= 15 is 0 Å². The van der Waals surface area contributed by atoms with Gasteiger partial charge in [0.2, 0.25) is 11.8 Å². The second-order valence-electron chi connectivity index (χ2n) is 8.07. The first-order valence-corrected chi connectivity index (χ1v) is 10.7. The Balaban J connectivity index is 1.51. The zero-order valence-corrected chi connectivity index (χ0v) is 18.2. The first-order chi connectivity index (χ1) is 14.8. The van der Waals surface area contributed by atoms with Gasteiger partial charge in [0.1, 0.15) is 16.5 Å². The van der Waals surface area contributed by atoms with Crippen molar-refractivity contribution in [2.24, 2.45) is 0 Å². The summed E-state index contributed by atoms with van der Waals surface area (Å²) in [6.07, 6.45) is 0. The monoisotopic (exact) mass is 436 g/mol. The van der Waals surface area contributed by atoms with Gasteiger partial charge < -0.3 is 4.52 Å². The van der Waals surface area contributed by atoms with Gasteiger partial charge in [-0.3, -0.25) is 10.1 Å². The molecular formula is C23H21FN4O2S. The minimum absolute atomic E-state index is 0.139. The summed E-state index contributed by atoms with van der Waals surface area (Å²) < 4.78 is 18.5.